The number of hydrogen-bond donors (Lipinski definition) is 3. The van der Waals surface area contributed by atoms with Gasteiger partial charge in [-0.2, -0.15) is 0 Å². The number of nitrogens with two attached hydrogens (primary N) is 2. The van der Waals surface area contributed by atoms with Crippen molar-refractivity contribution in [2.75, 3.05) is 16.4 Å². The van der Waals surface area contributed by atoms with Crippen molar-refractivity contribution in [3.63, 3.8) is 0 Å². The van der Waals surface area contributed by atoms with Crippen LogP contribution in [0.2, 0.25) is 0 Å². The van der Waals surface area contributed by atoms with Crippen LogP contribution in [-0.2, 0) is 0 Å². The van der Waals surface area contributed by atoms with Gasteiger partial charge in [-0.15, -0.1) is 0 Å². The molecule has 4 heteroatoms. The van der Waals surface area contributed by atoms with Gasteiger partial charge in [0.1, 0.15) is 0 Å². The maximum atomic E-state index is 9.78. The van der Waals surface area contributed by atoms with Gasteiger partial charge in [-0.05, 0) is 43.9 Å². The van der Waals surface area contributed by atoms with Crippen LogP contribution in [0.25, 0.3) is 0 Å². The summed E-state index contributed by atoms with van der Waals surface area (Å²) >= 11 is 0. The number of benzene rings is 1. The third kappa shape index (κ3) is 1.72. The van der Waals surface area contributed by atoms with E-state index in [1.54, 1.807) is 0 Å². The Hall–Kier alpha value is -1.42. The summed E-state index contributed by atoms with van der Waals surface area (Å²) < 4.78 is 0. The monoisotopic (exact) mass is 233 g/mol. The molecule has 4 nitrogen and oxygen atoms in total. The molecule has 17 heavy (non-hydrogen) atoms. The summed E-state index contributed by atoms with van der Waals surface area (Å²) in [5.41, 5.74) is 14.0. The maximum absolute atomic E-state index is 9.78. The quantitative estimate of drug-likeness (QED) is 0.640. The normalized spacial score (nSPS) is 31.8. The molecule has 92 valence electrons. The van der Waals surface area contributed by atoms with Crippen LogP contribution in [0.15, 0.2) is 18.2 Å². The molecular weight excluding hydrogens is 214 g/mol. The Morgan fingerprint density at radius 1 is 1.06 bits per heavy atom. The average Bonchev–Trinajstić information content (AvgIpc) is 2.55. The minimum atomic E-state index is -0.130. The zero-order valence-corrected chi connectivity index (χ0v) is 9.84. The van der Waals surface area contributed by atoms with E-state index in [0.29, 0.717) is 23.5 Å². The molecule has 2 heterocycles. The Kier molecular flexibility index (Phi) is 2.40. The minimum absolute atomic E-state index is 0.130. The molecule has 2 aliphatic rings. The van der Waals surface area contributed by atoms with Crippen LogP contribution in [0.3, 0.4) is 0 Å². The van der Waals surface area contributed by atoms with E-state index in [2.05, 4.69) is 4.90 Å². The Morgan fingerprint density at radius 2 is 1.71 bits per heavy atom. The van der Waals surface area contributed by atoms with Gasteiger partial charge in [-0.3, -0.25) is 0 Å². The molecule has 0 aliphatic carbocycles. The van der Waals surface area contributed by atoms with E-state index in [4.69, 9.17) is 11.5 Å². The van der Waals surface area contributed by atoms with E-state index in [1.165, 1.54) is 12.8 Å². The first-order valence-corrected chi connectivity index (χ1v) is 6.26. The molecule has 3 rings (SSSR count). The second-order valence-electron chi connectivity index (χ2n) is 5.23. The van der Waals surface area contributed by atoms with Crippen molar-refractivity contribution < 1.29 is 5.11 Å². The Balaban J connectivity index is 1.92. The molecule has 2 aliphatic heterocycles. The molecule has 0 amide bonds. The fraction of sp³-hybridized carbons (Fsp3) is 0.538. The molecule has 0 spiro atoms. The lowest BCUT2D eigenvalue weighted by atomic mass is 9.99. The predicted molar refractivity (Wildman–Crippen MR) is 69.8 cm³/mol. The average molecular weight is 233 g/mol. The first-order valence-electron chi connectivity index (χ1n) is 6.26. The summed E-state index contributed by atoms with van der Waals surface area (Å²) in [5, 5.41) is 9.78. The molecule has 5 N–H and O–H groups in total. The molecule has 2 saturated heterocycles. The standard InChI is InChI=1S/C13H19N3O/c14-12-4-3-10(7-13(12)15)16-8-1-2-9(16)6-11(17)5-8/h3-4,7-9,11,17H,1-2,5-6,14-15H2. The van der Waals surface area contributed by atoms with Crippen molar-refractivity contribution in [3.8, 4) is 0 Å². The molecule has 2 atom stereocenters. The van der Waals surface area contributed by atoms with Gasteiger partial charge in [-0.25, -0.2) is 0 Å². The second-order valence-corrected chi connectivity index (χ2v) is 5.23. The largest absolute Gasteiger partial charge is 0.397 e. The highest BCUT2D eigenvalue weighted by atomic mass is 16.3. The summed E-state index contributed by atoms with van der Waals surface area (Å²) in [5.74, 6) is 0. The topological polar surface area (TPSA) is 75.5 Å². The number of piperidine rings is 1. The lowest BCUT2D eigenvalue weighted by Gasteiger charge is -2.39. The van der Waals surface area contributed by atoms with Crippen molar-refractivity contribution in [2.24, 2.45) is 0 Å². The Bertz CT molecular complexity index is 421. The summed E-state index contributed by atoms with van der Waals surface area (Å²) in [4.78, 5) is 2.42. The number of rotatable bonds is 1. The summed E-state index contributed by atoms with van der Waals surface area (Å²) in [6, 6.07) is 6.79. The van der Waals surface area contributed by atoms with E-state index in [0.717, 1.165) is 18.5 Å². The molecule has 2 unspecified atom stereocenters. The molecule has 1 aromatic rings. The SMILES string of the molecule is Nc1ccc(N2C3CCC2CC(O)C3)cc1N. The number of nitrogens with zero attached hydrogens (tertiary/aromatic N) is 1. The van der Waals surface area contributed by atoms with Gasteiger partial charge in [-0.1, -0.05) is 0 Å². The van der Waals surface area contributed by atoms with Crippen LogP contribution >= 0.6 is 0 Å². The van der Waals surface area contributed by atoms with Crippen LogP contribution in [0.1, 0.15) is 25.7 Å². The lowest BCUT2D eigenvalue weighted by Crippen LogP contribution is -2.44. The fourth-order valence-corrected chi connectivity index (χ4v) is 3.29. The van der Waals surface area contributed by atoms with E-state index >= 15 is 0 Å². The highest BCUT2D eigenvalue weighted by Gasteiger charge is 2.40. The van der Waals surface area contributed by atoms with Crippen LogP contribution in [0.4, 0.5) is 17.1 Å². The first kappa shape index (κ1) is 10.7. The zero-order valence-electron chi connectivity index (χ0n) is 9.84. The number of nitrogen functional groups attached to an aromatic ring is 2. The first-order chi connectivity index (χ1) is 8.15. The van der Waals surface area contributed by atoms with E-state index in [-0.39, 0.29) is 6.10 Å². The molecule has 0 aromatic heterocycles. The summed E-state index contributed by atoms with van der Waals surface area (Å²) in [6.45, 7) is 0. The highest BCUT2D eigenvalue weighted by Crippen LogP contribution is 2.40. The smallest absolute Gasteiger partial charge is 0.0579 e. The second kappa shape index (κ2) is 3.81. The van der Waals surface area contributed by atoms with Gasteiger partial charge in [0.25, 0.3) is 0 Å². The molecular formula is C13H19N3O. The third-order valence-corrected chi connectivity index (χ3v) is 4.08. The van der Waals surface area contributed by atoms with Crippen LogP contribution < -0.4 is 16.4 Å². The van der Waals surface area contributed by atoms with Gasteiger partial charge in [0.05, 0.1) is 17.5 Å². The van der Waals surface area contributed by atoms with Crippen molar-refractivity contribution in [3.05, 3.63) is 18.2 Å². The number of aliphatic hydroxyl groups is 1. The molecule has 0 radical (unpaired) electrons. The number of aliphatic hydroxyl groups excluding tert-OH is 1. The van der Waals surface area contributed by atoms with Gasteiger partial charge < -0.3 is 21.5 Å². The summed E-state index contributed by atoms with van der Waals surface area (Å²) in [7, 11) is 0. The van der Waals surface area contributed by atoms with E-state index in [1.807, 2.05) is 18.2 Å². The number of anilines is 3. The van der Waals surface area contributed by atoms with Crippen molar-refractivity contribution in [1.29, 1.82) is 0 Å². The van der Waals surface area contributed by atoms with Crippen molar-refractivity contribution in [2.45, 2.75) is 43.9 Å². The molecule has 2 bridgehead atoms. The fourth-order valence-electron chi connectivity index (χ4n) is 3.29. The Labute approximate surface area is 101 Å². The van der Waals surface area contributed by atoms with Crippen LogP contribution in [0.5, 0.6) is 0 Å². The lowest BCUT2D eigenvalue weighted by molar-refractivity contribution is 0.126. The number of fused-ring (bicyclic) bond motifs is 2. The zero-order chi connectivity index (χ0) is 12.0. The van der Waals surface area contributed by atoms with E-state index < -0.39 is 0 Å². The van der Waals surface area contributed by atoms with Gasteiger partial charge in [0.2, 0.25) is 0 Å². The minimum Gasteiger partial charge on any atom is -0.397 e. The van der Waals surface area contributed by atoms with Gasteiger partial charge in [0, 0.05) is 17.8 Å². The Morgan fingerprint density at radius 3 is 2.29 bits per heavy atom. The highest BCUT2D eigenvalue weighted by molar-refractivity contribution is 5.70. The van der Waals surface area contributed by atoms with Crippen molar-refractivity contribution >= 4 is 17.1 Å². The van der Waals surface area contributed by atoms with Crippen LogP contribution in [-0.4, -0.2) is 23.3 Å². The molecule has 0 saturated carbocycles. The number of hydrogen-bond acceptors (Lipinski definition) is 4. The van der Waals surface area contributed by atoms with E-state index in [9.17, 15) is 5.11 Å². The predicted octanol–water partition coefficient (Wildman–Crippen LogP) is 1.34. The van der Waals surface area contributed by atoms with Crippen LogP contribution in [0, 0.1) is 0 Å². The summed E-state index contributed by atoms with van der Waals surface area (Å²) in [6.07, 6.45) is 3.97. The molecule has 2 fully saturated rings. The third-order valence-electron chi connectivity index (χ3n) is 4.08. The maximum Gasteiger partial charge on any atom is 0.0579 e. The van der Waals surface area contributed by atoms with Gasteiger partial charge in [0.15, 0.2) is 0 Å². The van der Waals surface area contributed by atoms with Crippen molar-refractivity contribution in [1.82, 2.24) is 0 Å². The molecule has 1 aromatic carbocycles. The van der Waals surface area contributed by atoms with Gasteiger partial charge >= 0.3 is 0 Å².